The number of aromatic nitrogens is 4. The lowest BCUT2D eigenvalue weighted by Gasteiger charge is -2.14. The zero-order chi connectivity index (χ0) is 19.4. The van der Waals surface area contributed by atoms with Gasteiger partial charge in [-0.15, -0.1) is 10.2 Å². The second kappa shape index (κ2) is 8.45. The molecule has 3 aromatic rings. The molecule has 0 fully saturated rings. The summed E-state index contributed by atoms with van der Waals surface area (Å²) in [5.74, 6) is 0.839. The fourth-order valence-corrected chi connectivity index (χ4v) is 4.48. The number of benzene rings is 1. The van der Waals surface area contributed by atoms with Crippen LogP contribution in [-0.4, -0.2) is 37.9 Å². The second-order valence-corrected chi connectivity index (χ2v) is 10.0. The van der Waals surface area contributed by atoms with Gasteiger partial charge in [0.25, 0.3) is 0 Å². The van der Waals surface area contributed by atoms with Crippen molar-refractivity contribution in [2.75, 3.05) is 17.3 Å². The van der Waals surface area contributed by atoms with E-state index in [1.165, 1.54) is 23.1 Å². The zero-order valence-corrected chi connectivity index (χ0v) is 18.0. The first-order valence-corrected chi connectivity index (χ1v) is 11.4. The average molecular weight is 420 g/mol. The van der Waals surface area contributed by atoms with E-state index in [0.29, 0.717) is 5.82 Å². The zero-order valence-electron chi connectivity index (χ0n) is 15.6. The van der Waals surface area contributed by atoms with Crippen LogP contribution in [0.4, 0.5) is 5.82 Å². The van der Waals surface area contributed by atoms with Crippen molar-refractivity contribution in [3.63, 3.8) is 0 Å². The third-order valence-electron chi connectivity index (χ3n) is 3.64. The number of para-hydroxylation sites is 1. The summed E-state index contributed by atoms with van der Waals surface area (Å²) in [7, 11) is 0. The van der Waals surface area contributed by atoms with Gasteiger partial charge in [-0.3, -0.25) is 4.79 Å². The molecule has 6 nitrogen and oxygen atoms in total. The van der Waals surface area contributed by atoms with Crippen molar-refractivity contribution in [2.45, 2.75) is 34.9 Å². The Bertz CT molecular complexity index is 915. The Morgan fingerprint density at radius 1 is 1.19 bits per heavy atom. The van der Waals surface area contributed by atoms with Gasteiger partial charge in [0.15, 0.2) is 8.68 Å². The molecule has 0 saturated carbocycles. The Morgan fingerprint density at radius 3 is 2.52 bits per heavy atom. The van der Waals surface area contributed by atoms with Gasteiger partial charge < -0.3 is 5.32 Å². The molecule has 0 saturated heterocycles. The summed E-state index contributed by atoms with van der Waals surface area (Å²) in [5, 5.41) is 15.8. The Labute approximate surface area is 171 Å². The maximum absolute atomic E-state index is 12.5. The molecule has 2 heterocycles. The van der Waals surface area contributed by atoms with Gasteiger partial charge in [-0.05, 0) is 18.4 Å². The molecule has 3 rings (SSSR count). The summed E-state index contributed by atoms with van der Waals surface area (Å²) in [6.07, 6.45) is 1.96. The molecule has 1 aromatic carbocycles. The van der Waals surface area contributed by atoms with Gasteiger partial charge in [0.05, 0.1) is 17.1 Å². The van der Waals surface area contributed by atoms with E-state index in [0.717, 1.165) is 20.1 Å². The van der Waals surface area contributed by atoms with E-state index in [2.05, 4.69) is 36.3 Å². The van der Waals surface area contributed by atoms with Crippen LogP contribution in [0, 0.1) is 0 Å². The third-order valence-corrected chi connectivity index (χ3v) is 6.67. The minimum atomic E-state index is -0.116. The Balaban J connectivity index is 1.76. The van der Waals surface area contributed by atoms with Crippen molar-refractivity contribution in [3.8, 4) is 5.69 Å². The number of amides is 1. The summed E-state index contributed by atoms with van der Waals surface area (Å²) in [5.41, 5.74) is 1.71. The van der Waals surface area contributed by atoms with Crippen molar-refractivity contribution in [1.82, 2.24) is 20.0 Å². The number of anilines is 1. The fourth-order valence-electron chi connectivity index (χ4n) is 2.25. The number of carbonyl (C=O) groups excluding carboxylic acids is 1. The lowest BCUT2D eigenvalue weighted by molar-refractivity contribution is -0.113. The van der Waals surface area contributed by atoms with Gasteiger partial charge in [0.2, 0.25) is 5.91 Å². The van der Waals surface area contributed by atoms with Crippen molar-refractivity contribution in [2.24, 2.45) is 0 Å². The average Bonchev–Trinajstić information content (AvgIpc) is 3.27. The largest absolute Gasteiger partial charge is 0.310 e. The van der Waals surface area contributed by atoms with E-state index in [1.54, 1.807) is 16.4 Å². The summed E-state index contributed by atoms with van der Waals surface area (Å²) in [6, 6.07) is 11.7. The van der Waals surface area contributed by atoms with Gasteiger partial charge >= 0.3 is 0 Å². The number of nitrogens with zero attached hydrogens (tertiary/aromatic N) is 4. The summed E-state index contributed by atoms with van der Waals surface area (Å²) in [6.45, 7) is 6.31. The van der Waals surface area contributed by atoms with Crippen molar-refractivity contribution in [1.29, 1.82) is 0 Å². The number of rotatable bonds is 6. The molecule has 27 heavy (non-hydrogen) atoms. The molecule has 2 aromatic heterocycles. The molecule has 0 aliphatic rings. The van der Waals surface area contributed by atoms with E-state index < -0.39 is 0 Å². The highest BCUT2D eigenvalue weighted by Crippen LogP contribution is 2.28. The first-order chi connectivity index (χ1) is 12.9. The minimum Gasteiger partial charge on any atom is -0.310 e. The monoisotopic (exact) mass is 419 g/mol. The van der Waals surface area contributed by atoms with E-state index in [9.17, 15) is 4.79 Å². The fraction of sp³-hybridized carbons (Fsp3) is 0.333. The lowest BCUT2D eigenvalue weighted by Crippen LogP contribution is -2.16. The number of thioether (sulfide) groups is 2. The number of carbonyl (C=O) groups is 1. The summed E-state index contributed by atoms with van der Waals surface area (Å²) >= 11 is 4.43. The van der Waals surface area contributed by atoms with E-state index in [4.69, 9.17) is 5.10 Å². The molecule has 1 N–H and O–H groups in total. The molecule has 0 aliphatic heterocycles. The highest BCUT2D eigenvalue weighted by Gasteiger charge is 2.21. The summed E-state index contributed by atoms with van der Waals surface area (Å²) < 4.78 is 3.47. The minimum absolute atomic E-state index is 0.0987. The van der Waals surface area contributed by atoms with Gasteiger partial charge in [-0.1, -0.05) is 73.8 Å². The lowest BCUT2D eigenvalue weighted by atomic mass is 9.92. The predicted octanol–water partition coefficient (Wildman–Crippen LogP) is 4.47. The van der Waals surface area contributed by atoms with Gasteiger partial charge in [-0.25, -0.2) is 4.68 Å². The molecule has 0 aliphatic carbocycles. The molecule has 0 unspecified atom stereocenters. The quantitative estimate of drug-likeness (QED) is 0.594. The molecule has 9 heteroatoms. The van der Waals surface area contributed by atoms with Crippen molar-refractivity contribution < 1.29 is 4.79 Å². The summed E-state index contributed by atoms with van der Waals surface area (Å²) in [4.78, 5) is 12.5. The molecule has 0 bridgehead atoms. The molecule has 142 valence electrons. The van der Waals surface area contributed by atoms with E-state index in [1.807, 2.05) is 42.7 Å². The molecular formula is C18H21N5OS3. The van der Waals surface area contributed by atoms with Gasteiger partial charge in [-0.2, -0.15) is 5.10 Å². The second-order valence-electron chi connectivity index (χ2n) is 6.79. The normalized spacial score (nSPS) is 11.6. The van der Waals surface area contributed by atoms with E-state index >= 15 is 0 Å². The molecule has 0 spiro atoms. The van der Waals surface area contributed by atoms with Crippen LogP contribution < -0.4 is 5.32 Å². The van der Waals surface area contributed by atoms with Crippen LogP contribution in [0.1, 0.15) is 26.5 Å². The first kappa shape index (κ1) is 19.9. The van der Waals surface area contributed by atoms with Crippen molar-refractivity contribution >= 4 is 46.6 Å². The van der Waals surface area contributed by atoms with Crippen LogP contribution in [0.5, 0.6) is 0 Å². The molecule has 0 atom stereocenters. The number of nitrogens with one attached hydrogen (secondary N) is 1. The van der Waals surface area contributed by atoms with Crippen LogP contribution in [0.3, 0.4) is 0 Å². The Morgan fingerprint density at radius 2 is 1.89 bits per heavy atom. The molecule has 1 amide bonds. The van der Waals surface area contributed by atoms with Crippen LogP contribution in [0.25, 0.3) is 5.69 Å². The van der Waals surface area contributed by atoms with Gasteiger partial charge in [0.1, 0.15) is 5.82 Å². The van der Waals surface area contributed by atoms with Gasteiger partial charge in [0, 0.05) is 11.5 Å². The highest BCUT2D eigenvalue weighted by atomic mass is 32.2. The highest BCUT2D eigenvalue weighted by molar-refractivity contribution is 8.03. The smallest absolute Gasteiger partial charge is 0.235 e. The van der Waals surface area contributed by atoms with Crippen LogP contribution in [0.2, 0.25) is 0 Å². The standard InChI is InChI=1S/C18H21N5OS3/c1-18(2,3)13-10-14(23(22-13)12-8-6-5-7-9-12)19-15(24)11-26-17-21-20-16(25-4)27-17/h5-10H,11H2,1-4H3,(H,19,24). The van der Waals surface area contributed by atoms with E-state index in [-0.39, 0.29) is 17.1 Å². The van der Waals surface area contributed by atoms with Crippen molar-refractivity contribution in [3.05, 3.63) is 42.1 Å². The maximum atomic E-state index is 12.5. The predicted molar refractivity (Wildman–Crippen MR) is 113 cm³/mol. The molecule has 0 radical (unpaired) electrons. The molecular weight excluding hydrogens is 398 g/mol. The Hall–Kier alpha value is -1.84. The van der Waals surface area contributed by atoms with Crippen LogP contribution in [-0.2, 0) is 10.2 Å². The van der Waals surface area contributed by atoms with Crippen LogP contribution in [0.15, 0.2) is 45.1 Å². The first-order valence-electron chi connectivity index (χ1n) is 8.33. The Kier molecular flexibility index (Phi) is 6.23. The van der Waals surface area contributed by atoms with Crippen LogP contribution >= 0.6 is 34.9 Å². The third kappa shape index (κ3) is 5.12. The number of hydrogen-bond donors (Lipinski definition) is 1. The number of hydrogen-bond acceptors (Lipinski definition) is 7. The maximum Gasteiger partial charge on any atom is 0.235 e. The topological polar surface area (TPSA) is 72.7 Å². The SMILES string of the molecule is CSc1nnc(SCC(=O)Nc2cc(C(C)(C)C)nn2-c2ccccc2)s1.